The normalized spacial score (nSPS) is 10.3. The van der Waals surface area contributed by atoms with E-state index in [1.54, 1.807) is 12.1 Å². The van der Waals surface area contributed by atoms with Crippen LogP contribution in [0.4, 0.5) is 11.8 Å². The molecule has 0 saturated heterocycles. The maximum Gasteiger partial charge on any atom is 0.255 e. The number of anilines is 2. The summed E-state index contributed by atoms with van der Waals surface area (Å²) in [6.45, 7) is 5.64. The van der Waals surface area contributed by atoms with Gasteiger partial charge in [-0.15, -0.1) is 0 Å². The minimum absolute atomic E-state index is 0.189. The summed E-state index contributed by atoms with van der Waals surface area (Å²) < 4.78 is 5.86. The summed E-state index contributed by atoms with van der Waals surface area (Å²) in [5.41, 5.74) is 1.36. The molecule has 3 rings (SSSR count). The van der Waals surface area contributed by atoms with Crippen molar-refractivity contribution >= 4 is 17.7 Å². The van der Waals surface area contributed by atoms with Gasteiger partial charge in [-0.25, -0.2) is 4.98 Å². The standard InChI is InChI=1S/C22H25N5O2/c1-3-23-22-26-16(2)15-20(27-22)24-13-14-25-21(28)18-11-7-8-12-19(18)29-17-9-5-4-6-10-17/h4-12,15H,3,13-14H2,1-2H3,(H,25,28)(H2,23,24,26,27). The Kier molecular flexibility index (Phi) is 7.00. The van der Waals surface area contributed by atoms with Crippen LogP contribution in [-0.2, 0) is 0 Å². The molecule has 1 heterocycles. The molecule has 1 aromatic heterocycles. The van der Waals surface area contributed by atoms with Crippen molar-refractivity contribution in [2.75, 3.05) is 30.3 Å². The number of aryl methyl sites for hydroxylation is 1. The van der Waals surface area contributed by atoms with E-state index < -0.39 is 0 Å². The first-order valence-electron chi connectivity index (χ1n) is 9.59. The van der Waals surface area contributed by atoms with E-state index in [1.807, 2.05) is 62.4 Å². The number of carbonyl (C=O) groups is 1. The monoisotopic (exact) mass is 391 g/mol. The first-order chi connectivity index (χ1) is 14.2. The molecule has 0 atom stereocenters. The van der Waals surface area contributed by atoms with E-state index in [2.05, 4.69) is 25.9 Å². The molecule has 0 fully saturated rings. The van der Waals surface area contributed by atoms with Crippen molar-refractivity contribution in [3.8, 4) is 11.5 Å². The van der Waals surface area contributed by atoms with Gasteiger partial charge < -0.3 is 20.7 Å². The first-order valence-corrected chi connectivity index (χ1v) is 9.59. The third kappa shape index (κ3) is 5.93. The average molecular weight is 391 g/mol. The zero-order valence-corrected chi connectivity index (χ0v) is 16.6. The molecule has 0 saturated carbocycles. The van der Waals surface area contributed by atoms with E-state index in [1.165, 1.54) is 0 Å². The van der Waals surface area contributed by atoms with E-state index in [9.17, 15) is 4.79 Å². The molecule has 0 radical (unpaired) electrons. The molecule has 0 spiro atoms. The maximum absolute atomic E-state index is 12.6. The van der Waals surface area contributed by atoms with Crippen LogP contribution >= 0.6 is 0 Å². The minimum Gasteiger partial charge on any atom is -0.457 e. The zero-order valence-electron chi connectivity index (χ0n) is 16.6. The van der Waals surface area contributed by atoms with Crippen molar-refractivity contribution in [3.05, 3.63) is 71.9 Å². The zero-order chi connectivity index (χ0) is 20.5. The van der Waals surface area contributed by atoms with Crippen molar-refractivity contribution in [3.63, 3.8) is 0 Å². The number of hydrogen-bond acceptors (Lipinski definition) is 6. The smallest absolute Gasteiger partial charge is 0.255 e. The van der Waals surface area contributed by atoms with Gasteiger partial charge in [0.1, 0.15) is 17.3 Å². The lowest BCUT2D eigenvalue weighted by Gasteiger charge is -2.12. The Labute approximate surface area is 170 Å². The molecule has 0 aliphatic heterocycles. The van der Waals surface area contributed by atoms with Gasteiger partial charge in [-0.05, 0) is 38.1 Å². The fourth-order valence-corrected chi connectivity index (χ4v) is 2.72. The Balaban J connectivity index is 1.55. The van der Waals surface area contributed by atoms with Gasteiger partial charge in [-0.3, -0.25) is 4.79 Å². The fourth-order valence-electron chi connectivity index (χ4n) is 2.72. The van der Waals surface area contributed by atoms with Gasteiger partial charge in [-0.2, -0.15) is 4.98 Å². The number of rotatable bonds is 9. The highest BCUT2D eigenvalue weighted by Gasteiger charge is 2.12. The summed E-state index contributed by atoms with van der Waals surface area (Å²) in [5, 5.41) is 9.22. The van der Waals surface area contributed by atoms with Gasteiger partial charge in [0.15, 0.2) is 0 Å². The Morgan fingerprint density at radius 3 is 2.52 bits per heavy atom. The van der Waals surface area contributed by atoms with Crippen molar-refractivity contribution in [1.29, 1.82) is 0 Å². The van der Waals surface area contributed by atoms with Crippen molar-refractivity contribution in [1.82, 2.24) is 15.3 Å². The molecule has 3 aromatic rings. The SMILES string of the molecule is CCNc1nc(C)cc(NCCNC(=O)c2ccccc2Oc2ccccc2)n1. The molecule has 7 nitrogen and oxygen atoms in total. The van der Waals surface area contributed by atoms with Crippen molar-refractivity contribution in [2.45, 2.75) is 13.8 Å². The van der Waals surface area contributed by atoms with Crippen LogP contribution in [0, 0.1) is 6.92 Å². The van der Waals surface area contributed by atoms with Gasteiger partial charge >= 0.3 is 0 Å². The number of amides is 1. The lowest BCUT2D eigenvalue weighted by molar-refractivity contribution is 0.0953. The lowest BCUT2D eigenvalue weighted by Crippen LogP contribution is -2.29. The number of aromatic nitrogens is 2. The van der Waals surface area contributed by atoms with E-state index in [4.69, 9.17) is 4.74 Å². The summed E-state index contributed by atoms with van der Waals surface area (Å²) in [7, 11) is 0. The quantitative estimate of drug-likeness (QED) is 0.480. The molecule has 150 valence electrons. The molecule has 0 aliphatic carbocycles. The van der Waals surface area contributed by atoms with Crippen LogP contribution in [0.2, 0.25) is 0 Å². The number of carbonyl (C=O) groups excluding carboxylic acids is 1. The minimum atomic E-state index is -0.189. The maximum atomic E-state index is 12.6. The van der Waals surface area contributed by atoms with Crippen LogP contribution in [-0.4, -0.2) is 35.5 Å². The number of ether oxygens (including phenoxy) is 1. The largest absolute Gasteiger partial charge is 0.457 e. The number of nitrogens with zero attached hydrogens (tertiary/aromatic N) is 2. The van der Waals surface area contributed by atoms with Crippen LogP contribution in [0.1, 0.15) is 23.0 Å². The Morgan fingerprint density at radius 1 is 0.966 bits per heavy atom. The summed E-state index contributed by atoms with van der Waals surface area (Å²) in [4.78, 5) is 21.3. The summed E-state index contributed by atoms with van der Waals surface area (Å²) >= 11 is 0. The second-order valence-electron chi connectivity index (χ2n) is 6.34. The Bertz CT molecular complexity index is 947. The highest BCUT2D eigenvalue weighted by atomic mass is 16.5. The van der Waals surface area contributed by atoms with E-state index in [-0.39, 0.29) is 5.91 Å². The molecule has 2 aromatic carbocycles. The number of nitrogens with one attached hydrogen (secondary N) is 3. The lowest BCUT2D eigenvalue weighted by atomic mass is 10.2. The van der Waals surface area contributed by atoms with Crippen molar-refractivity contribution < 1.29 is 9.53 Å². The third-order valence-corrected chi connectivity index (χ3v) is 4.01. The van der Waals surface area contributed by atoms with E-state index in [0.717, 1.165) is 18.1 Å². The molecular formula is C22H25N5O2. The number of benzene rings is 2. The van der Waals surface area contributed by atoms with Gasteiger partial charge in [0, 0.05) is 31.4 Å². The third-order valence-electron chi connectivity index (χ3n) is 4.01. The second kappa shape index (κ2) is 10.1. The summed E-state index contributed by atoms with van der Waals surface area (Å²) in [6.07, 6.45) is 0. The van der Waals surface area contributed by atoms with E-state index in [0.29, 0.717) is 36.1 Å². The predicted molar refractivity (Wildman–Crippen MR) is 115 cm³/mol. The van der Waals surface area contributed by atoms with Crippen LogP contribution in [0.25, 0.3) is 0 Å². The fraction of sp³-hybridized carbons (Fsp3) is 0.227. The first kappa shape index (κ1) is 20.1. The van der Waals surface area contributed by atoms with E-state index >= 15 is 0 Å². The molecule has 1 amide bonds. The van der Waals surface area contributed by atoms with Crippen molar-refractivity contribution in [2.24, 2.45) is 0 Å². The van der Waals surface area contributed by atoms with Gasteiger partial charge in [-0.1, -0.05) is 30.3 Å². The Morgan fingerprint density at radius 2 is 1.72 bits per heavy atom. The summed E-state index contributed by atoms with van der Waals surface area (Å²) in [5.74, 6) is 2.32. The highest BCUT2D eigenvalue weighted by molar-refractivity contribution is 5.97. The second-order valence-corrected chi connectivity index (χ2v) is 6.34. The van der Waals surface area contributed by atoms with Crippen LogP contribution in [0.3, 0.4) is 0 Å². The Hall–Kier alpha value is -3.61. The molecular weight excluding hydrogens is 366 g/mol. The molecule has 7 heteroatoms. The molecule has 0 bridgehead atoms. The molecule has 3 N–H and O–H groups in total. The van der Waals surface area contributed by atoms with Gasteiger partial charge in [0.05, 0.1) is 5.56 Å². The highest BCUT2D eigenvalue weighted by Crippen LogP contribution is 2.24. The number of para-hydroxylation sites is 2. The van der Waals surface area contributed by atoms with Crippen LogP contribution in [0.15, 0.2) is 60.7 Å². The average Bonchev–Trinajstić information content (AvgIpc) is 2.72. The molecule has 0 aliphatic rings. The topological polar surface area (TPSA) is 88.2 Å². The predicted octanol–water partition coefficient (Wildman–Crippen LogP) is 3.85. The van der Waals surface area contributed by atoms with Crippen LogP contribution < -0.4 is 20.7 Å². The molecule has 0 unspecified atom stereocenters. The van der Waals surface area contributed by atoms with Gasteiger partial charge in [0.25, 0.3) is 5.91 Å². The summed E-state index contributed by atoms with van der Waals surface area (Å²) in [6, 6.07) is 18.5. The molecule has 29 heavy (non-hydrogen) atoms. The van der Waals surface area contributed by atoms with Crippen LogP contribution in [0.5, 0.6) is 11.5 Å². The number of hydrogen-bond donors (Lipinski definition) is 3. The van der Waals surface area contributed by atoms with Gasteiger partial charge in [0.2, 0.25) is 5.95 Å².